The first-order chi connectivity index (χ1) is 15.2. The summed E-state index contributed by atoms with van der Waals surface area (Å²) in [6.45, 7) is 6.97. The van der Waals surface area contributed by atoms with Gasteiger partial charge in [0.15, 0.2) is 5.70 Å². The molecule has 0 aliphatic carbocycles. The molecular weight excluding hydrogens is 460 g/mol. The number of hydroxylamine groups is 1. The predicted molar refractivity (Wildman–Crippen MR) is 119 cm³/mol. The molecule has 33 heavy (non-hydrogen) atoms. The Bertz CT molecular complexity index is 752. The molecule has 0 aromatic carbocycles. The van der Waals surface area contributed by atoms with Crippen LogP contribution in [-0.4, -0.2) is 82.1 Å². The highest BCUT2D eigenvalue weighted by Gasteiger charge is 2.28. The molecule has 0 spiro atoms. The highest BCUT2D eigenvalue weighted by Crippen LogP contribution is 2.13. The molecule has 0 fully saturated rings. The summed E-state index contributed by atoms with van der Waals surface area (Å²) in [4.78, 5) is 64.5. The summed E-state index contributed by atoms with van der Waals surface area (Å²) in [6.07, 6.45) is -1.99. The number of nitrogens with two attached hydrogens (primary N) is 1. The molecule has 6 N–H and O–H groups in total. The summed E-state index contributed by atoms with van der Waals surface area (Å²) in [6, 6.07) is -2.54. The van der Waals surface area contributed by atoms with Crippen molar-refractivity contribution < 1.29 is 43.8 Å². The zero-order valence-corrected chi connectivity index (χ0v) is 20.1. The minimum Gasteiger partial charge on any atom is -0.480 e. The number of rotatable bonds is 13. The number of nitrogens with one attached hydrogen (secondary N) is 2. The molecule has 0 saturated carbocycles. The molecule has 14 heteroatoms. The van der Waals surface area contributed by atoms with Crippen LogP contribution in [0.4, 0.5) is 4.79 Å². The van der Waals surface area contributed by atoms with Crippen LogP contribution in [0.5, 0.6) is 0 Å². The Morgan fingerprint density at radius 2 is 1.79 bits per heavy atom. The van der Waals surface area contributed by atoms with Crippen LogP contribution in [0.2, 0.25) is 0 Å². The number of ether oxygens (including phenoxy) is 1. The van der Waals surface area contributed by atoms with Crippen LogP contribution in [0.15, 0.2) is 11.1 Å². The molecule has 2 atom stereocenters. The first-order valence-corrected chi connectivity index (χ1v) is 11.0. The Kier molecular flexibility index (Phi) is 13.1. The van der Waals surface area contributed by atoms with Crippen LogP contribution in [0.25, 0.3) is 0 Å². The topological polar surface area (TPSA) is 198 Å². The Morgan fingerprint density at radius 3 is 2.27 bits per heavy atom. The molecule has 0 heterocycles. The monoisotopic (exact) mass is 492 g/mol. The first-order valence-electron chi connectivity index (χ1n) is 9.90. The first kappa shape index (κ1) is 30.2. The summed E-state index contributed by atoms with van der Waals surface area (Å²) in [5, 5.41) is 21.6. The second-order valence-electron chi connectivity index (χ2n) is 7.69. The Morgan fingerprint density at radius 1 is 1.18 bits per heavy atom. The van der Waals surface area contributed by atoms with E-state index in [-0.39, 0.29) is 30.9 Å². The molecule has 3 amide bonds. The summed E-state index contributed by atoms with van der Waals surface area (Å²) < 4.78 is 4.94. The number of imide groups is 1. The lowest BCUT2D eigenvalue weighted by atomic mass is 10.1. The van der Waals surface area contributed by atoms with E-state index < -0.39 is 47.5 Å². The van der Waals surface area contributed by atoms with Crippen molar-refractivity contribution in [1.29, 1.82) is 0 Å². The van der Waals surface area contributed by atoms with Gasteiger partial charge in [0.1, 0.15) is 12.1 Å². The van der Waals surface area contributed by atoms with Crippen molar-refractivity contribution in [2.45, 2.75) is 58.2 Å². The molecular formula is C19H32N4O9S. The number of carbonyl (C=O) groups is 5. The molecule has 188 valence electrons. The van der Waals surface area contributed by atoms with E-state index in [2.05, 4.69) is 10.8 Å². The van der Waals surface area contributed by atoms with E-state index in [1.54, 1.807) is 27.7 Å². The Hall–Kier alpha value is -2.84. The molecule has 0 saturated heterocycles. The standard InChI is InChI=1S/C19H32N4O9S/c1-6-31-17(28)13(22-32-19(2,3)4)10-33-9-12(15(25)23(5)18(29)30)21-14(24)8-7-11(20)16(26)27/h10-12,22H,6-9,20H2,1-5H3,(H,21,24)(H,26,27)(H,29,30). The number of carboxylic acids is 1. The van der Waals surface area contributed by atoms with E-state index in [1.165, 1.54) is 5.41 Å². The average Bonchev–Trinajstić information content (AvgIpc) is 2.71. The number of amides is 3. The van der Waals surface area contributed by atoms with E-state index in [4.69, 9.17) is 25.5 Å². The smallest absolute Gasteiger partial charge is 0.413 e. The highest BCUT2D eigenvalue weighted by atomic mass is 32.2. The fourth-order valence-electron chi connectivity index (χ4n) is 1.94. The highest BCUT2D eigenvalue weighted by molar-refractivity contribution is 8.02. The second-order valence-corrected chi connectivity index (χ2v) is 8.59. The van der Waals surface area contributed by atoms with Gasteiger partial charge in [0.05, 0.1) is 12.2 Å². The van der Waals surface area contributed by atoms with Gasteiger partial charge in [-0.1, -0.05) is 0 Å². The van der Waals surface area contributed by atoms with E-state index in [0.29, 0.717) is 4.90 Å². The largest absolute Gasteiger partial charge is 0.480 e. The van der Waals surface area contributed by atoms with Crippen molar-refractivity contribution in [1.82, 2.24) is 15.7 Å². The van der Waals surface area contributed by atoms with Crippen LogP contribution >= 0.6 is 11.8 Å². The number of aliphatic carboxylic acids is 1. The number of carboxylic acid groups (broad SMARTS) is 2. The van der Waals surface area contributed by atoms with Crippen molar-refractivity contribution in [3.63, 3.8) is 0 Å². The molecule has 0 bridgehead atoms. The number of hydrogen-bond donors (Lipinski definition) is 5. The lowest BCUT2D eigenvalue weighted by molar-refractivity contribution is -0.143. The molecule has 0 radical (unpaired) electrons. The second kappa shape index (κ2) is 14.3. The van der Waals surface area contributed by atoms with Gasteiger partial charge in [0.25, 0.3) is 5.91 Å². The number of esters is 1. The van der Waals surface area contributed by atoms with Crippen molar-refractivity contribution in [2.24, 2.45) is 5.73 Å². The zero-order valence-electron chi connectivity index (χ0n) is 19.2. The number of thioether (sulfide) groups is 1. The van der Waals surface area contributed by atoms with Gasteiger partial charge in [-0.05, 0) is 34.1 Å². The molecule has 0 aliphatic heterocycles. The lowest BCUT2D eigenvalue weighted by Gasteiger charge is -2.22. The SMILES string of the molecule is CCOC(=O)C(=CSCC(NC(=O)CCC(N)C(=O)O)C(=O)N(C)C(=O)O)NOC(C)(C)C. The number of likely N-dealkylation sites (N-methyl/N-ethyl adjacent to an activating group) is 1. The van der Waals surface area contributed by atoms with Crippen LogP contribution < -0.4 is 16.5 Å². The molecule has 2 unspecified atom stereocenters. The minimum atomic E-state index is -1.53. The van der Waals surface area contributed by atoms with Gasteiger partial charge in [0.2, 0.25) is 5.91 Å². The van der Waals surface area contributed by atoms with Gasteiger partial charge < -0.3 is 26.0 Å². The van der Waals surface area contributed by atoms with Crippen molar-refractivity contribution in [3.8, 4) is 0 Å². The number of carbonyl (C=O) groups excluding carboxylic acids is 3. The normalized spacial score (nSPS) is 13.5. The van der Waals surface area contributed by atoms with Crippen LogP contribution in [0, 0.1) is 0 Å². The van der Waals surface area contributed by atoms with E-state index in [1.807, 2.05) is 0 Å². The fourth-order valence-corrected chi connectivity index (χ4v) is 2.76. The number of hydrogen-bond acceptors (Lipinski definition) is 10. The summed E-state index contributed by atoms with van der Waals surface area (Å²) in [5.41, 5.74) is 7.16. The maximum atomic E-state index is 12.5. The Balaban J connectivity index is 5.39. The van der Waals surface area contributed by atoms with E-state index >= 15 is 0 Å². The van der Waals surface area contributed by atoms with Crippen molar-refractivity contribution in [3.05, 3.63) is 11.1 Å². The van der Waals surface area contributed by atoms with Crippen molar-refractivity contribution >= 4 is 41.6 Å². The van der Waals surface area contributed by atoms with Gasteiger partial charge >= 0.3 is 18.0 Å². The van der Waals surface area contributed by atoms with Crippen LogP contribution in [0.3, 0.4) is 0 Å². The summed E-state index contributed by atoms with van der Waals surface area (Å²) in [7, 11) is 1.02. The zero-order chi connectivity index (χ0) is 25.8. The summed E-state index contributed by atoms with van der Waals surface area (Å²) in [5.74, 6) is -3.75. The molecule has 0 aromatic heterocycles. The van der Waals surface area contributed by atoms with Gasteiger partial charge in [-0.15, -0.1) is 11.8 Å². The molecule has 0 rings (SSSR count). The predicted octanol–water partition coefficient (Wildman–Crippen LogP) is 0.257. The minimum absolute atomic E-state index is 0.0617. The van der Waals surface area contributed by atoms with E-state index in [0.717, 1.165) is 18.8 Å². The third-order valence-corrected chi connectivity index (χ3v) is 4.61. The summed E-state index contributed by atoms with van der Waals surface area (Å²) >= 11 is 0.924. The molecule has 13 nitrogen and oxygen atoms in total. The molecule has 0 aromatic rings. The van der Waals surface area contributed by atoms with Gasteiger partial charge in [-0.25, -0.2) is 14.5 Å². The van der Waals surface area contributed by atoms with Gasteiger partial charge in [0, 0.05) is 24.6 Å². The van der Waals surface area contributed by atoms with Gasteiger partial charge in [-0.2, -0.15) is 0 Å². The third kappa shape index (κ3) is 12.7. The Labute approximate surface area is 196 Å². The van der Waals surface area contributed by atoms with Gasteiger partial charge in [-0.3, -0.25) is 24.7 Å². The number of nitrogens with zero attached hydrogens (tertiary/aromatic N) is 1. The third-order valence-electron chi connectivity index (χ3n) is 3.68. The van der Waals surface area contributed by atoms with Crippen molar-refractivity contribution in [2.75, 3.05) is 19.4 Å². The average molecular weight is 493 g/mol. The molecule has 0 aliphatic rings. The lowest BCUT2D eigenvalue weighted by Crippen LogP contribution is -2.50. The maximum Gasteiger partial charge on any atom is 0.413 e. The van der Waals surface area contributed by atoms with Crippen LogP contribution in [-0.2, 0) is 28.8 Å². The maximum absolute atomic E-state index is 12.5. The fraction of sp³-hybridized carbons (Fsp3) is 0.632. The quantitative estimate of drug-likeness (QED) is 0.134. The van der Waals surface area contributed by atoms with E-state index in [9.17, 15) is 24.0 Å². The van der Waals surface area contributed by atoms with Crippen LogP contribution in [0.1, 0.15) is 40.5 Å².